The van der Waals surface area contributed by atoms with Crippen LogP contribution in [0, 0.1) is 0 Å². The van der Waals surface area contributed by atoms with E-state index in [2.05, 4.69) is 0 Å². The summed E-state index contributed by atoms with van der Waals surface area (Å²) < 4.78 is 5.66. The number of hydrogen-bond acceptors (Lipinski definition) is 3. The SMILES string of the molecule is CC=CC=CC(=O)OC(CC(=O)O)C[N+](C)(C)C. The van der Waals surface area contributed by atoms with Gasteiger partial charge in [-0.2, -0.15) is 0 Å². The monoisotopic (exact) mass is 256 g/mol. The van der Waals surface area contributed by atoms with E-state index in [0.717, 1.165) is 0 Å². The molecule has 1 atom stereocenters. The number of carbonyl (C=O) groups is 2. The summed E-state index contributed by atoms with van der Waals surface area (Å²) in [4.78, 5) is 22.2. The molecule has 0 fully saturated rings. The van der Waals surface area contributed by atoms with Crippen molar-refractivity contribution in [2.75, 3.05) is 27.7 Å². The Labute approximate surface area is 108 Å². The Bertz CT molecular complexity index is 339. The van der Waals surface area contributed by atoms with Gasteiger partial charge in [0.1, 0.15) is 6.54 Å². The highest BCUT2D eigenvalue weighted by molar-refractivity contribution is 5.82. The molecule has 0 aliphatic heterocycles. The maximum absolute atomic E-state index is 11.5. The number of ether oxygens (including phenoxy) is 1. The van der Waals surface area contributed by atoms with Crippen LogP contribution >= 0.6 is 0 Å². The number of carboxylic acids is 1. The summed E-state index contributed by atoms with van der Waals surface area (Å²) in [5, 5.41) is 8.78. The first kappa shape index (κ1) is 16.4. The number of carboxylic acid groups (broad SMARTS) is 1. The third-order valence-electron chi connectivity index (χ3n) is 1.97. The minimum Gasteiger partial charge on any atom is -0.481 e. The first-order valence-electron chi connectivity index (χ1n) is 5.77. The van der Waals surface area contributed by atoms with Crippen LogP contribution in [0.15, 0.2) is 24.3 Å². The summed E-state index contributed by atoms with van der Waals surface area (Å²) in [5.41, 5.74) is 0. The Balaban J connectivity index is 4.49. The Morgan fingerprint density at radius 1 is 1.28 bits per heavy atom. The fraction of sp³-hybridized carbons (Fsp3) is 0.538. The second kappa shape index (κ2) is 7.66. The van der Waals surface area contributed by atoms with E-state index in [1.54, 1.807) is 18.2 Å². The number of quaternary nitrogens is 1. The van der Waals surface area contributed by atoms with Crippen LogP contribution in [0.2, 0.25) is 0 Å². The summed E-state index contributed by atoms with van der Waals surface area (Å²) in [5.74, 6) is -1.49. The lowest BCUT2D eigenvalue weighted by atomic mass is 10.2. The Morgan fingerprint density at radius 2 is 1.89 bits per heavy atom. The molecule has 0 aliphatic carbocycles. The molecule has 0 saturated carbocycles. The van der Waals surface area contributed by atoms with Crippen molar-refractivity contribution in [3.63, 3.8) is 0 Å². The number of allylic oxidation sites excluding steroid dienone is 3. The maximum Gasteiger partial charge on any atom is 0.331 e. The summed E-state index contributed by atoms with van der Waals surface area (Å²) in [6.07, 6.45) is 5.53. The van der Waals surface area contributed by atoms with Crippen LogP contribution < -0.4 is 0 Å². The number of nitrogens with zero attached hydrogens (tertiary/aromatic N) is 1. The molecule has 0 aromatic carbocycles. The van der Waals surface area contributed by atoms with Gasteiger partial charge in [0, 0.05) is 6.08 Å². The molecule has 102 valence electrons. The molecule has 5 nitrogen and oxygen atoms in total. The largest absolute Gasteiger partial charge is 0.481 e. The Hall–Kier alpha value is -1.62. The van der Waals surface area contributed by atoms with Crippen LogP contribution in [0.5, 0.6) is 0 Å². The van der Waals surface area contributed by atoms with E-state index >= 15 is 0 Å². The zero-order chi connectivity index (χ0) is 14.2. The van der Waals surface area contributed by atoms with Crippen molar-refractivity contribution in [1.29, 1.82) is 0 Å². The standard InChI is InChI=1S/C13H21NO4/c1-5-6-7-8-13(17)18-11(9-12(15)16)10-14(2,3)4/h5-8,11H,9-10H2,1-4H3/p+1. The van der Waals surface area contributed by atoms with Gasteiger partial charge in [-0.05, 0) is 6.92 Å². The van der Waals surface area contributed by atoms with Crippen LogP contribution in [-0.4, -0.2) is 55.3 Å². The third-order valence-corrected chi connectivity index (χ3v) is 1.97. The molecular weight excluding hydrogens is 234 g/mol. The van der Waals surface area contributed by atoms with Crippen LogP contribution in [0.3, 0.4) is 0 Å². The van der Waals surface area contributed by atoms with E-state index in [0.29, 0.717) is 11.0 Å². The number of rotatable bonds is 7. The summed E-state index contributed by atoms with van der Waals surface area (Å²) in [6, 6.07) is 0. The Morgan fingerprint density at radius 3 is 2.33 bits per heavy atom. The minimum atomic E-state index is -0.973. The molecule has 0 rings (SSSR count). The summed E-state index contributed by atoms with van der Waals surface area (Å²) in [7, 11) is 5.75. The predicted octanol–water partition coefficient (Wildman–Crippen LogP) is 1.21. The van der Waals surface area contributed by atoms with Gasteiger partial charge >= 0.3 is 11.9 Å². The molecule has 0 bridgehead atoms. The van der Waals surface area contributed by atoms with Crippen molar-refractivity contribution < 1.29 is 23.9 Å². The van der Waals surface area contributed by atoms with Gasteiger partial charge in [0.2, 0.25) is 0 Å². The number of carbonyl (C=O) groups excluding carboxylic acids is 1. The first-order chi connectivity index (χ1) is 8.24. The van der Waals surface area contributed by atoms with Gasteiger partial charge in [0.15, 0.2) is 6.10 Å². The van der Waals surface area contributed by atoms with Crippen molar-refractivity contribution in [3.05, 3.63) is 24.3 Å². The van der Waals surface area contributed by atoms with Crippen molar-refractivity contribution >= 4 is 11.9 Å². The van der Waals surface area contributed by atoms with Gasteiger partial charge < -0.3 is 14.3 Å². The second-order valence-electron chi connectivity index (χ2n) is 5.01. The number of esters is 1. The van der Waals surface area contributed by atoms with E-state index in [9.17, 15) is 9.59 Å². The van der Waals surface area contributed by atoms with E-state index in [4.69, 9.17) is 9.84 Å². The van der Waals surface area contributed by atoms with E-state index < -0.39 is 18.0 Å². The fourth-order valence-electron chi connectivity index (χ4n) is 1.40. The Kier molecular flexibility index (Phi) is 6.97. The third kappa shape index (κ3) is 9.59. The van der Waals surface area contributed by atoms with Crippen molar-refractivity contribution in [1.82, 2.24) is 0 Å². The molecule has 1 unspecified atom stereocenters. The van der Waals surface area contributed by atoms with Gasteiger partial charge in [0.25, 0.3) is 0 Å². The van der Waals surface area contributed by atoms with Crippen molar-refractivity contribution in [2.45, 2.75) is 19.4 Å². The molecule has 18 heavy (non-hydrogen) atoms. The molecule has 0 radical (unpaired) electrons. The minimum absolute atomic E-state index is 0.182. The second-order valence-corrected chi connectivity index (χ2v) is 5.01. The number of aliphatic carboxylic acids is 1. The maximum atomic E-state index is 11.5. The van der Waals surface area contributed by atoms with Gasteiger partial charge in [-0.15, -0.1) is 0 Å². The van der Waals surface area contributed by atoms with Crippen LogP contribution in [0.25, 0.3) is 0 Å². The highest BCUT2D eigenvalue weighted by atomic mass is 16.5. The molecule has 0 aliphatic rings. The van der Waals surface area contributed by atoms with E-state index in [1.165, 1.54) is 6.08 Å². The quantitative estimate of drug-likeness (QED) is 0.322. The molecular formula is C13H22NO4+. The van der Waals surface area contributed by atoms with Gasteiger partial charge in [-0.25, -0.2) is 4.79 Å². The molecule has 0 amide bonds. The smallest absolute Gasteiger partial charge is 0.331 e. The molecule has 0 heterocycles. The average molecular weight is 256 g/mol. The fourth-order valence-corrected chi connectivity index (χ4v) is 1.40. The molecule has 0 spiro atoms. The topological polar surface area (TPSA) is 63.6 Å². The van der Waals surface area contributed by atoms with E-state index in [1.807, 2.05) is 28.1 Å². The van der Waals surface area contributed by atoms with Crippen molar-refractivity contribution in [2.24, 2.45) is 0 Å². The zero-order valence-corrected chi connectivity index (χ0v) is 11.4. The lowest BCUT2D eigenvalue weighted by Crippen LogP contribution is -2.43. The van der Waals surface area contributed by atoms with Gasteiger partial charge in [-0.3, -0.25) is 4.79 Å². The van der Waals surface area contributed by atoms with Crippen LogP contribution in [0.1, 0.15) is 13.3 Å². The van der Waals surface area contributed by atoms with Crippen LogP contribution in [-0.2, 0) is 14.3 Å². The lowest BCUT2D eigenvalue weighted by Gasteiger charge is -2.28. The van der Waals surface area contributed by atoms with E-state index in [-0.39, 0.29) is 6.42 Å². The van der Waals surface area contributed by atoms with Crippen LogP contribution in [0.4, 0.5) is 0 Å². The molecule has 5 heteroatoms. The van der Waals surface area contributed by atoms with Crippen molar-refractivity contribution in [3.8, 4) is 0 Å². The van der Waals surface area contributed by atoms with Gasteiger partial charge in [0.05, 0.1) is 27.6 Å². The predicted molar refractivity (Wildman–Crippen MR) is 69.0 cm³/mol. The highest BCUT2D eigenvalue weighted by Gasteiger charge is 2.23. The highest BCUT2D eigenvalue weighted by Crippen LogP contribution is 2.05. The number of hydrogen-bond donors (Lipinski definition) is 1. The molecule has 0 saturated heterocycles. The number of likely N-dealkylation sites (N-methyl/N-ethyl adjacent to an activating group) is 1. The molecule has 0 aromatic rings. The zero-order valence-electron chi connectivity index (χ0n) is 11.4. The summed E-state index contributed by atoms with van der Waals surface area (Å²) >= 11 is 0. The molecule has 1 N–H and O–H groups in total. The first-order valence-corrected chi connectivity index (χ1v) is 5.77. The lowest BCUT2D eigenvalue weighted by molar-refractivity contribution is -0.873. The summed E-state index contributed by atoms with van der Waals surface area (Å²) in [6.45, 7) is 2.29. The van der Waals surface area contributed by atoms with Gasteiger partial charge in [-0.1, -0.05) is 18.2 Å². The normalized spacial score (nSPS) is 14.0. The average Bonchev–Trinajstić information content (AvgIpc) is 2.13. The molecule has 0 aromatic heterocycles.